The molecule has 1 amide bonds. The number of hydrogen-bond donors (Lipinski definition) is 1. The summed E-state index contributed by atoms with van der Waals surface area (Å²) in [6.07, 6.45) is 4.16. The van der Waals surface area contributed by atoms with Crippen LogP contribution in [0.3, 0.4) is 0 Å². The van der Waals surface area contributed by atoms with Crippen LogP contribution in [-0.4, -0.2) is 11.9 Å². The standard InChI is InChI=1S/C12H23NO/c1-5-6-12(4)8-11(14)13-10(12)7-9(2)3/h9-10H,5-8H2,1-4H3,(H,13,14). The minimum absolute atomic E-state index is 0.204. The summed E-state index contributed by atoms with van der Waals surface area (Å²) in [5.74, 6) is 0.904. The van der Waals surface area contributed by atoms with E-state index in [-0.39, 0.29) is 11.3 Å². The summed E-state index contributed by atoms with van der Waals surface area (Å²) >= 11 is 0. The molecule has 0 spiro atoms. The second-order valence-corrected chi connectivity index (χ2v) is 5.33. The first kappa shape index (κ1) is 11.5. The Morgan fingerprint density at radius 1 is 1.57 bits per heavy atom. The molecule has 0 aliphatic carbocycles. The van der Waals surface area contributed by atoms with Crippen LogP contribution < -0.4 is 5.32 Å². The molecule has 0 radical (unpaired) electrons. The first-order chi connectivity index (χ1) is 6.48. The third-order valence-corrected chi connectivity index (χ3v) is 3.27. The summed E-state index contributed by atoms with van der Waals surface area (Å²) < 4.78 is 0. The van der Waals surface area contributed by atoms with Crippen LogP contribution in [0.4, 0.5) is 0 Å². The molecule has 2 nitrogen and oxygen atoms in total. The van der Waals surface area contributed by atoms with E-state index >= 15 is 0 Å². The fourth-order valence-electron chi connectivity index (χ4n) is 2.56. The summed E-state index contributed by atoms with van der Waals surface area (Å²) in [5, 5.41) is 3.12. The predicted molar refractivity (Wildman–Crippen MR) is 59.0 cm³/mol. The number of amides is 1. The lowest BCUT2D eigenvalue weighted by Crippen LogP contribution is -2.36. The third kappa shape index (κ3) is 2.49. The first-order valence-corrected chi connectivity index (χ1v) is 5.77. The molecule has 14 heavy (non-hydrogen) atoms. The summed E-state index contributed by atoms with van der Waals surface area (Å²) in [6.45, 7) is 8.88. The maximum Gasteiger partial charge on any atom is 0.220 e. The summed E-state index contributed by atoms with van der Waals surface area (Å²) in [6, 6.07) is 0.398. The molecule has 1 rings (SSSR count). The molecule has 82 valence electrons. The van der Waals surface area contributed by atoms with Crippen LogP contribution in [0, 0.1) is 11.3 Å². The Kier molecular flexibility index (Phi) is 3.57. The molecule has 1 fully saturated rings. The van der Waals surface area contributed by atoms with Crippen molar-refractivity contribution in [3.8, 4) is 0 Å². The lowest BCUT2D eigenvalue weighted by atomic mass is 9.76. The molecular formula is C12H23NO. The van der Waals surface area contributed by atoms with E-state index in [1.54, 1.807) is 0 Å². The predicted octanol–water partition coefficient (Wildman–Crippen LogP) is 2.73. The van der Waals surface area contributed by atoms with Gasteiger partial charge < -0.3 is 5.32 Å². The minimum atomic E-state index is 0.204. The lowest BCUT2D eigenvalue weighted by Gasteiger charge is -2.31. The normalized spacial score (nSPS) is 32.4. The van der Waals surface area contributed by atoms with Crippen molar-refractivity contribution in [1.82, 2.24) is 5.32 Å². The van der Waals surface area contributed by atoms with Gasteiger partial charge >= 0.3 is 0 Å². The van der Waals surface area contributed by atoms with E-state index in [2.05, 4.69) is 33.0 Å². The SMILES string of the molecule is CCCC1(C)CC(=O)NC1CC(C)C. The average molecular weight is 197 g/mol. The zero-order valence-corrected chi connectivity index (χ0v) is 9.89. The summed E-state index contributed by atoms with van der Waals surface area (Å²) in [5.41, 5.74) is 0.204. The molecular weight excluding hydrogens is 174 g/mol. The average Bonchev–Trinajstić information content (AvgIpc) is 2.26. The molecule has 1 heterocycles. The third-order valence-electron chi connectivity index (χ3n) is 3.27. The number of carbonyl (C=O) groups excluding carboxylic acids is 1. The van der Waals surface area contributed by atoms with Crippen LogP contribution in [-0.2, 0) is 4.79 Å². The van der Waals surface area contributed by atoms with Gasteiger partial charge in [-0.15, -0.1) is 0 Å². The van der Waals surface area contributed by atoms with Gasteiger partial charge in [-0.3, -0.25) is 4.79 Å². The van der Waals surface area contributed by atoms with Gasteiger partial charge in [0.25, 0.3) is 0 Å². The van der Waals surface area contributed by atoms with Gasteiger partial charge in [0.15, 0.2) is 0 Å². The van der Waals surface area contributed by atoms with Crippen LogP contribution >= 0.6 is 0 Å². The molecule has 1 saturated heterocycles. The number of nitrogens with one attached hydrogen (secondary N) is 1. The first-order valence-electron chi connectivity index (χ1n) is 5.77. The van der Waals surface area contributed by atoms with Crippen LogP contribution in [0.1, 0.15) is 53.4 Å². The van der Waals surface area contributed by atoms with Crippen molar-refractivity contribution in [2.45, 2.75) is 59.4 Å². The van der Waals surface area contributed by atoms with Gasteiger partial charge in [-0.05, 0) is 24.2 Å². The van der Waals surface area contributed by atoms with Gasteiger partial charge in [-0.25, -0.2) is 0 Å². The van der Waals surface area contributed by atoms with Crippen molar-refractivity contribution in [2.75, 3.05) is 0 Å². The highest BCUT2D eigenvalue weighted by molar-refractivity contribution is 5.79. The highest BCUT2D eigenvalue weighted by Gasteiger charge is 2.42. The molecule has 0 bridgehead atoms. The van der Waals surface area contributed by atoms with E-state index < -0.39 is 0 Å². The van der Waals surface area contributed by atoms with E-state index in [4.69, 9.17) is 0 Å². The zero-order valence-electron chi connectivity index (χ0n) is 9.89. The van der Waals surface area contributed by atoms with Gasteiger partial charge in [0, 0.05) is 12.5 Å². The Hall–Kier alpha value is -0.530. The van der Waals surface area contributed by atoms with Gasteiger partial charge in [0.2, 0.25) is 5.91 Å². The molecule has 1 N–H and O–H groups in total. The number of carbonyl (C=O) groups is 1. The van der Waals surface area contributed by atoms with Gasteiger partial charge in [-0.1, -0.05) is 34.1 Å². The Morgan fingerprint density at radius 2 is 2.21 bits per heavy atom. The van der Waals surface area contributed by atoms with Gasteiger partial charge in [0.1, 0.15) is 0 Å². The molecule has 0 aromatic rings. The van der Waals surface area contributed by atoms with E-state index in [0.29, 0.717) is 12.0 Å². The maximum atomic E-state index is 11.4. The highest BCUT2D eigenvalue weighted by Crippen LogP contribution is 2.38. The van der Waals surface area contributed by atoms with Crippen molar-refractivity contribution >= 4 is 5.91 Å². The van der Waals surface area contributed by atoms with E-state index in [1.807, 2.05) is 0 Å². The van der Waals surface area contributed by atoms with E-state index in [9.17, 15) is 4.79 Å². The summed E-state index contributed by atoms with van der Waals surface area (Å²) in [7, 11) is 0. The Bertz CT molecular complexity index is 212. The molecule has 2 atom stereocenters. The maximum absolute atomic E-state index is 11.4. The quantitative estimate of drug-likeness (QED) is 0.737. The lowest BCUT2D eigenvalue weighted by molar-refractivity contribution is -0.119. The van der Waals surface area contributed by atoms with Crippen molar-refractivity contribution in [3.05, 3.63) is 0 Å². The molecule has 0 saturated carbocycles. The highest BCUT2D eigenvalue weighted by atomic mass is 16.2. The second-order valence-electron chi connectivity index (χ2n) is 5.33. The molecule has 1 aliphatic heterocycles. The van der Waals surface area contributed by atoms with Gasteiger partial charge in [-0.2, -0.15) is 0 Å². The fraction of sp³-hybridized carbons (Fsp3) is 0.917. The van der Waals surface area contributed by atoms with Crippen LogP contribution in [0.2, 0.25) is 0 Å². The van der Waals surface area contributed by atoms with Crippen LogP contribution in [0.15, 0.2) is 0 Å². The van der Waals surface area contributed by atoms with Crippen molar-refractivity contribution in [1.29, 1.82) is 0 Å². The minimum Gasteiger partial charge on any atom is -0.353 e. The Morgan fingerprint density at radius 3 is 2.71 bits per heavy atom. The van der Waals surface area contributed by atoms with Gasteiger partial charge in [0.05, 0.1) is 0 Å². The monoisotopic (exact) mass is 197 g/mol. The second kappa shape index (κ2) is 4.33. The van der Waals surface area contributed by atoms with Crippen LogP contribution in [0.5, 0.6) is 0 Å². The smallest absolute Gasteiger partial charge is 0.220 e. The van der Waals surface area contributed by atoms with Crippen molar-refractivity contribution in [3.63, 3.8) is 0 Å². The number of rotatable bonds is 4. The molecule has 2 unspecified atom stereocenters. The number of hydrogen-bond acceptors (Lipinski definition) is 1. The Balaban J connectivity index is 2.66. The molecule has 1 aliphatic rings. The van der Waals surface area contributed by atoms with E-state index in [1.165, 1.54) is 6.42 Å². The molecule has 0 aromatic heterocycles. The fourth-order valence-corrected chi connectivity index (χ4v) is 2.56. The molecule has 2 heteroatoms. The van der Waals surface area contributed by atoms with Crippen LogP contribution in [0.25, 0.3) is 0 Å². The van der Waals surface area contributed by atoms with Crippen molar-refractivity contribution in [2.24, 2.45) is 11.3 Å². The van der Waals surface area contributed by atoms with E-state index in [0.717, 1.165) is 19.3 Å². The van der Waals surface area contributed by atoms with Crippen molar-refractivity contribution < 1.29 is 4.79 Å². The summed E-state index contributed by atoms with van der Waals surface area (Å²) in [4.78, 5) is 11.4. The topological polar surface area (TPSA) is 29.1 Å². The largest absolute Gasteiger partial charge is 0.353 e. The Labute approximate surface area is 87.5 Å². The molecule has 0 aromatic carbocycles. The zero-order chi connectivity index (χ0) is 10.8.